The van der Waals surface area contributed by atoms with Crippen LogP contribution < -0.4 is 10.6 Å². The van der Waals surface area contributed by atoms with E-state index in [0.717, 1.165) is 18.3 Å². The van der Waals surface area contributed by atoms with Crippen LogP contribution in [0.2, 0.25) is 0 Å². The molecule has 31 heavy (non-hydrogen) atoms. The number of hydrogen-bond donors (Lipinski definition) is 3. The van der Waals surface area contributed by atoms with Gasteiger partial charge in [0.1, 0.15) is 17.3 Å². The monoisotopic (exact) mass is 436 g/mol. The average molecular weight is 436 g/mol. The fourth-order valence-electron chi connectivity index (χ4n) is 3.68. The van der Waals surface area contributed by atoms with Gasteiger partial charge in [0.2, 0.25) is 0 Å². The van der Waals surface area contributed by atoms with E-state index in [4.69, 9.17) is 0 Å². The summed E-state index contributed by atoms with van der Waals surface area (Å²) in [7, 11) is 1.95. The molecule has 2 unspecified atom stereocenters. The Morgan fingerprint density at radius 1 is 1.26 bits per heavy atom. The largest absolute Gasteiger partial charge is 0.433 e. The van der Waals surface area contributed by atoms with Crippen molar-refractivity contribution < 1.29 is 22.4 Å². The van der Waals surface area contributed by atoms with E-state index in [0.29, 0.717) is 36.2 Å². The van der Waals surface area contributed by atoms with Crippen molar-refractivity contribution in [1.82, 2.24) is 25.2 Å². The fourth-order valence-corrected chi connectivity index (χ4v) is 3.68. The summed E-state index contributed by atoms with van der Waals surface area (Å²) in [6.07, 6.45) is -2.31. The van der Waals surface area contributed by atoms with Gasteiger partial charge in [-0.05, 0) is 50.2 Å². The second-order valence-electron chi connectivity index (χ2n) is 7.53. The molecular weight excluding hydrogens is 416 g/mol. The second-order valence-corrected chi connectivity index (χ2v) is 7.53. The van der Waals surface area contributed by atoms with E-state index < -0.39 is 17.9 Å². The van der Waals surface area contributed by atoms with Crippen molar-refractivity contribution in [1.29, 1.82) is 0 Å². The number of carbonyl (C=O) groups is 1. The number of piperidine rings is 1. The summed E-state index contributed by atoms with van der Waals surface area (Å²) in [6, 6.07) is 5.50. The fraction of sp³-hybridized carbons (Fsp3) is 0.350. The van der Waals surface area contributed by atoms with Crippen molar-refractivity contribution in [3.05, 3.63) is 53.9 Å². The van der Waals surface area contributed by atoms with Crippen molar-refractivity contribution in [3.8, 4) is 0 Å². The lowest BCUT2D eigenvalue weighted by Crippen LogP contribution is -2.46. The minimum absolute atomic E-state index is 0.109. The van der Waals surface area contributed by atoms with Crippen LogP contribution in [0.3, 0.4) is 0 Å². The standard InChI is InChI=1S/C20H20F4N6O/c1-30-7-6-12(9-16(30)18-28-14-4-2-11(21)8-15(14)29-18)26-19(31)27-13-3-5-17(25-10-13)20(22,23)24/h2-5,8,10,12,16H,6-7,9H2,1H3,(H,28,29)(H2,26,27,31). The van der Waals surface area contributed by atoms with E-state index in [1.54, 1.807) is 6.07 Å². The van der Waals surface area contributed by atoms with Gasteiger partial charge in [-0.2, -0.15) is 13.2 Å². The summed E-state index contributed by atoms with van der Waals surface area (Å²) < 4.78 is 51.2. The van der Waals surface area contributed by atoms with Crippen LogP contribution in [0.5, 0.6) is 0 Å². The average Bonchev–Trinajstić information content (AvgIpc) is 3.12. The van der Waals surface area contributed by atoms with Crippen molar-refractivity contribution in [2.24, 2.45) is 0 Å². The molecule has 1 aliphatic rings. The lowest BCUT2D eigenvalue weighted by Gasteiger charge is -2.36. The van der Waals surface area contributed by atoms with Crippen LogP contribution in [-0.4, -0.2) is 45.5 Å². The quantitative estimate of drug-likeness (QED) is 0.541. The van der Waals surface area contributed by atoms with Gasteiger partial charge in [-0.25, -0.2) is 19.2 Å². The molecule has 1 saturated heterocycles. The number of halogens is 4. The highest BCUT2D eigenvalue weighted by Crippen LogP contribution is 2.30. The maximum Gasteiger partial charge on any atom is 0.433 e. The van der Waals surface area contributed by atoms with E-state index in [1.165, 1.54) is 12.1 Å². The minimum Gasteiger partial charge on any atom is -0.341 e. The van der Waals surface area contributed by atoms with Gasteiger partial charge in [-0.1, -0.05) is 0 Å². The predicted octanol–water partition coefficient (Wildman–Crippen LogP) is 4.07. The van der Waals surface area contributed by atoms with Crippen LogP contribution in [0.4, 0.5) is 28.0 Å². The molecule has 0 radical (unpaired) electrons. The van der Waals surface area contributed by atoms with Gasteiger partial charge in [-0.3, -0.25) is 4.90 Å². The minimum atomic E-state index is -4.54. The highest BCUT2D eigenvalue weighted by molar-refractivity contribution is 5.89. The molecule has 0 saturated carbocycles. The number of aromatic nitrogens is 3. The number of pyridine rings is 1. The number of nitrogens with zero attached hydrogens (tertiary/aromatic N) is 3. The molecule has 0 bridgehead atoms. The molecule has 1 aliphatic heterocycles. The summed E-state index contributed by atoms with van der Waals surface area (Å²) in [5.74, 6) is 0.329. The van der Waals surface area contributed by atoms with Gasteiger partial charge in [0, 0.05) is 12.6 Å². The molecule has 1 fully saturated rings. The Morgan fingerprint density at radius 3 is 2.77 bits per heavy atom. The molecule has 2 aromatic heterocycles. The van der Waals surface area contributed by atoms with Crippen LogP contribution in [0.25, 0.3) is 11.0 Å². The van der Waals surface area contributed by atoms with Crippen molar-refractivity contribution in [2.75, 3.05) is 18.9 Å². The van der Waals surface area contributed by atoms with E-state index >= 15 is 0 Å². The first-order chi connectivity index (χ1) is 14.7. The first-order valence-corrected chi connectivity index (χ1v) is 9.65. The van der Waals surface area contributed by atoms with Crippen LogP contribution in [0, 0.1) is 5.82 Å². The second kappa shape index (κ2) is 8.14. The molecule has 164 valence electrons. The lowest BCUT2D eigenvalue weighted by atomic mass is 9.97. The Kier molecular flexibility index (Phi) is 5.52. The molecule has 3 N–H and O–H groups in total. The maximum atomic E-state index is 13.5. The summed E-state index contributed by atoms with van der Waals surface area (Å²) in [5, 5.41) is 5.35. The summed E-state index contributed by atoms with van der Waals surface area (Å²) >= 11 is 0. The number of aromatic amines is 1. The first-order valence-electron chi connectivity index (χ1n) is 9.65. The third-order valence-corrected chi connectivity index (χ3v) is 5.29. The van der Waals surface area contributed by atoms with Crippen LogP contribution in [-0.2, 0) is 6.18 Å². The molecule has 3 aromatic rings. The number of alkyl halides is 3. The number of urea groups is 1. The molecule has 0 spiro atoms. The number of carbonyl (C=O) groups excluding carboxylic acids is 1. The Balaban J connectivity index is 1.40. The lowest BCUT2D eigenvalue weighted by molar-refractivity contribution is -0.141. The third kappa shape index (κ3) is 4.76. The Labute approximate surface area is 174 Å². The number of nitrogens with one attached hydrogen (secondary N) is 3. The van der Waals surface area contributed by atoms with Crippen LogP contribution in [0.1, 0.15) is 30.4 Å². The predicted molar refractivity (Wildman–Crippen MR) is 106 cm³/mol. The van der Waals surface area contributed by atoms with Crippen molar-refractivity contribution >= 4 is 22.8 Å². The number of rotatable bonds is 3. The summed E-state index contributed by atoms with van der Waals surface area (Å²) in [4.78, 5) is 25.4. The normalized spacial score (nSPS) is 20.0. The van der Waals surface area contributed by atoms with Crippen LogP contribution >= 0.6 is 0 Å². The number of imidazole rings is 1. The zero-order valence-electron chi connectivity index (χ0n) is 16.5. The molecule has 2 atom stereocenters. The number of H-pyrrole nitrogens is 1. The van der Waals surface area contributed by atoms with Crippen molar-refractivity contribution in [2.45, 2.75) is 31.1 Å². The SMILES string of the molecule is CN1CCC(NC(=O)Nc2ccc(C(F)(F)F)nc2)CC1c1nc2ccc(F)cc2[nH]1. The number of hydrogen-bond acceptors (Lipinski definition) is 4. The molecule has 7 nitrogen and oxygen atoms in total. The summed E-state index contributed by atoms with van der Waals surface area (Å²) in [5.41, 5.74) is 0.398. The zero-order valence-corrected chi connectivity index (χ0v) is 16.5. The van der Waals surface area contributed by atoms with Crippen LogP contribution in [0.15, 0.2) is 36.5 Å². The molecule has 0 aliphatic carbocycles. The molecule has 4 rings (SSSR count). The van der Waals surface area contributed by atoms with Crippen molar-refractivity contribution in [3.63, 3.8) is 0 Å². The number of amides is 2. The molecule has 2 amide bonds. The number of anilines is 1. The smallest absolute Gasteiger partial charge is 0.341 e. The van der Waals surface area contributed by atoms with E-state index in [2.05, 4.69) is 30.5 Å². The van der Waals surface area contributed by atoms with E-state index in [-0.39, 0.29) is 23.6 Å². The summed E-state index contributed by atoms with van der Waals surface area (Å²) in [6.45, 7) is 0.697. The third-order valence-electron chi connectivity index (χ3n) is 5.29. The van der Waals surface area contributed by atoms with Gasteiger partial charge in [-0.15, -0.1) is 0 Å². The highest BCUT2D eigenvalue weighted by Gasteiger charge is 2.32. The molecule has 11 heteroatoms. The Hall–Kier alpha value is -3.21. The van der Waals surface area contributed by atoms with E-state index in [1.807, 2.05) is 7.05 Å². The number of likely N-dealkylation sites (tertiary alicyclic amines) is 1. The topological polar surface area (TPSA) is 85.9 Å². The first kappa shape index (κ1) is 21.0. The van der Waals surface area contributed by atoms with Gasteiger partial charge in [0.05, 0.1) is 29.0 Å². The molecule has 1 aromatic carbocycles. The molecule has 3 heterocycles. The maximum absolute atomic E-state index is 13.5. The van der Waals surface area contributed by atoms with Gasteiger partial charge in [0.25, 0.3) is 0 Å². The molecular formula is C20H20F4N6O. The van der Waals surface area contributed by atoms with Gasteiger partial charge in [0.15, 0.2) is 0 Å². The zero-order chi connectivity index (χ0) is 22.2. The van der Waals surface area contributed by atoms with Gasteiger partial charge >= 0.3 is 12.2 Å². The van der Waals surface area contributed by atoms with Gasteiger partial charge < -0.3 is 15.6 Å². The number of fused-ring (bicyclic) bond motifs is 1. The Bertz CT molecular complexity index is 1080. The van der Waals surface area contributed by atoms with E-state index in [9.17, 15) is 22.4 Å². The Morgan fingerprint density at radius 2 is 2.06 bits per heavy atom. The highest BCUT2D eigenvalue weighted by atomic mass is 19.4. The number of benzene rings is 1.